The molecule has 0 saturated heterocycles. The van der Waals surface area contributed by atoms with Gasteiger partial charge in [-0.15, -0.1) is 0 Å². The van der Waals surface area contributed by atoms with Gasteiger partial charge in [-0.05, 0) is 72.9 Å². The van der Waals surface area contributed by atoms with E-state index < -0.39 is 0 Å². The fourth-order valence-electron chi connectivity index (χ4n) is 3.44. The zero-order chi connectivity index (χ0) is 22.5. The van der Waals surface area contributed by atoms with Crippen molar-refractivity contribution in [1.82, 2.24) is 0 Å². The first-order chi connectivity index (χ1) is 15.5. The summed E-state index contributed by atoms with van der Waals surface area (Å²) in [6.07, 6.45) is 1.73. The van der Waals surface area contributed by atoms with Crippen molar-refractivity contribution >= 4 is 34.2 Å². The summed E-state index contributed by atoms with van der Waals surface area (Å²) in [5, 5.41) is 13.7. The van der Waals surface area contributed by atoms with E-state index in [0.29, 0.717) is 28.5 Å². The predicted octanol–water partition coefficient (Wildman–Crippen LogP) is 7.43. The molecule has 0 radical (unpaired) electrons. The predicted molar refractivity (Wildman–Crippen MR) is 129 cm³/mol. The number of fused-ring (bicyclic) bond motifs is 1. The Morgan fingerprint density at radius 3 is 2.16 bits per heavy atom. The number of hydrogen-bond acceptors (Lipinski definition) is 5. The van der Waals surface area contributed by atoms with Gasteiger partial charge >= 0.3 is 0 Å². The van der Waals surface area contributed by atoms with Crippen molar-refractivity contribution in [2.24, 2.45) is 11.1 Å². The Bertz CT molecular complexity index is 1210. The quantitative estimate of drug-likeness (QED) is 0.133. The molecule has 0 aliphatic carbocycles. The lowest BCUT2D eigenvalue weighted by Crippen LogP contribution is -2.03. The molecule has 0 fully saturated rings. The van der Waals surface area contributed by atoms with Crippen LogP contribution in [0.5, 0.6) is 0 Å². The summed E-state index contributed by atoms with van der Waals surface area (Å²) < 4.78 is 5.70. The van der Waals surface area contributed by atoms with Crippen molar-refractivity contribution in [3.8, 4) is 0 Å². The first-order valence-corrected chi connectivity index (χ1v) is 11.5. The summed E-state index contributed by atoms with van der Waals surface area (Å²) in [6, 6.07) is 24.9. The van der Waals surface area contributed by atoms with Crippen LogP contribution in [0.25, 0.3) is 11.0 Å². The van der Waals surface area contributed by atoms with Crippen LogP contribution in [0.15, 0.2) is 98.2 Å². The number of benzene rings is 3. The molecule has 0 aliphatic rings. The summed E-state index contributed by atoms with van der Waals surface area (Å²) in [7, 11) is 0. The lowest BCUT2D eigenvalue weighted by Gasteiger charge is -2.08. The first-order valence-electron chi connectivity index (χ1n) is 10.7. The van der Waals surface area contributed by atoms with Gasteiger partial charge in [0, 0.05) is 20.7 Å². The summed E-state index contributed by atoms with van der Waals surface area (Å²) in [6.45, 7) is 4.31. The van der Waals surface area contributed by atoms with Crippen LogP contribution in [0.2, 0.25) is 0 Å². The van der Waals surface area contributed by atoms with Crippen molar-refractivity contribution in [3.05, 3.63) is 95.7 Å². The Morgan fingerprint density at radius 2 is 1.56 bits per heavy atom. The molecule has 1 heterocycles. The van der Waals surface area contributed by atoms with Crippen LogP contribution in [-0.4, -0.2) is 16.7 Å². The highest BCUT2D eigenvalue weighted by molar-refractivity contribution is 7.99. The van der Waals surface area contributed by atoms with Gasteiger partial charge in [-0.3, -0.25) is 4.79 Å². The number of furan rings is 1. The van der Waals surface area contributed by atoms with Crippen molar-refractivity contribution in [3.63, 3.8) is 0 Å². The highest BCUT2D eigenvalue weighted by Crippen LogP contribution is 2.29. The standard InChI is InChI=1S/C27H25NO3S/c1-18(2)7-16-24(28-30)19-8-12-22(13-9-19)32-23-14-10-20(11-15-23)27(29)26-17-21-5-3-4-6-25(21)31-26/h3-6,8-15,17-18,30H,7,16H2,1-2H3/b28-24-. The maximum atomic E-state index is 12.8. The van der Waals surface area contributed by atoms with Crippen LogP contribution in [0, 0.1) is 5.92 Å². The van der Waals surface area contributed by atoms with Crippen molar-refractivity contribution in [2.45, 2.75) is 36.5 Å². The second-order valence-electron chi connectivity index (χ2n) is 8.11. The maximum absolute atomic E-state index is 12.8. The third-order valence-electron chi connectivity index (χ3n) is 5.27. The maximum Gasteiger partial charge on any atom is 0.228 e. The molecule has 0 saturated carbocycles. The van der Waals surface area contributed by atoms with Crippen LogP contribution >= 0.6 is 11.8 Å². The fraction of sp³-hybridized carbons (Fsp3) is 0.185. The minimum absolute atomic E-state index is 0.126. The normalized spacial score (nSPS) is 11.9. The number of carbonyl (C=O) groups is 1. The lowest BCUT2D eigenvalue weighted by molar-refractivity contribution is 0.101. The number of oxime groups is 1. The number of carbonyl (C=O) groups excluding carboxylic acids is 1. The van der Waals surface area contributed by atoms with Gasteiger partial charge in [0.2, 0.25) is 5.78 Å². The van der Waals surface area contributed by atoms with E-state index in [1.165, 1.54) is 0 Å². The summed E-state index contributed by atoms with van der Waals surface area (Å²) in [5.74, 6) is 0.781. The molecule has 0 spiro atoms. The van der Waals surface area contributed by atoms with Gasteiger partial charge in [-0.1, -0.05) is 61.1 Å². The molecule has 5 heteroatoms. The largest absolute Gasteiger partial charge is 0.453 e. The molecule has 0 atom stereocenters. The molecule has 0 aliphatic heterocycles. The van der Waals surface area contributed by atoms with Gasteiger partial charge < -0.3 is 9.62 Å². The Hall–Kier alpha value is -3.31. The van der Waals surface area contributed by atoms with Crippen LogP contribution in [0.3, 0.4) is 0 Å². The monoisotopic (exact) mass is 443 g/mol. The van der Waals surface area contributed by atoms with E-state index in [1.807, 2.05) is 72.8 Å². The van der Waals surface area contributed by atoms with Crippen LogP contribution in [-0.2, 0) is 0 Å². The van der Waals surface area contributed by atoms with Crippen LogP contribution < -0.4 is 0 Å². The van der Waals surface area contributed by atoms with Crippen molar-refractivity contribution < 1.29 is 14.4 Å². The molecule has 4 nitrogen and oxygen atoms in total. The molecular formula is C27H25NO3S. The number of rotatable bonds is 8. The molecule has 0 unspecified atom stereocenters. The average Bonchev–Trinajstić information content (AvgIpc) is 3.25. The number of nitrogens with zero attached hydrogens (tertiary/aromatic N) is 1. The van der Waals surface area contributed by atoms with E-state index in [4.69, 9.17) is 4.42 Å². The zero-order valence-electron chi connectivity index (χ0n) is 18.1. The molecule has 1 N–H and O–H groups in total. The SMILES string of the molecule is CC(C)CC/C(=N/O)c1ccc(Sc2ccc(C(=O)c3cc4ccccc4o3)cc2)cc1. The Morgan fingerprint density at radius 1 is 0.938 bits per heavy atom. The molecule has 1 aromatic heterocycles. The molecule has 162 valence electrons. The fourth-order valence-corrected chi connectivity index (χ4v) is 4.26. The van der Waals surface area contributed by atoms with E-state index in [2.05, 4.69) is 19.0 Å². The molecule has 0 bridgehead atoms. The topological polar surface area (TPSA) is 62.8 Å². The van der Waals surface area contributed by atoms with Gasteiger partial charge in [-0.2, -0.15) is 0 Å². The molecule has 0 amide bonds. The van der Waals surface area contributed by atoms with E-state index in [1.54, 1.807) is 17.8 Å². The van der Waals surface area contributed by atoms with Crippen molar-refractivity contribution in [2.75, 3.05) is 0 Å². The Labute approximate surface area is 192 Å². The molecular weight excluding hydrogens is 418 g/mol. The van der Waals surface area contributed by atoms with E-state index in [0.717, 1.165) is 33.6 Å². The zero-order valence-corrected chi connectivity index (χ0v) is 18.9. The number of ketones is 1. The molecule has 32 heavy (non-hydrogen) atoms. The van der Waals surface area contributed by atoms with Gasteiger partial charge in [0.15, 0.2) is 5.76 Å². The van der Waals surface area contributed by atoms with E-state index in [-0.39, 0.29) is 5.78 Å². The molecule has 4 aromatic rings. The third-order valence-corrected chi connectivity index (χ3v) is 6.28. The average molecular weight is 444 g/mol. The first kappa shape index (κ1) is 21.9. The summed E-state index contributed by atoms with van der Waals surface area (Å²) in [4.78, 5) is 14.9. The van der Waals surface area contributed by atoms with Crippen molar-refractivity contribution in [1.29, 1.82) is 0 Å². The van der Waals surface area contributed by atoms with Gasteiger partial charge in [0.1, 0.15) is 5.58 Å². The molecule has 4 rings (SSSR count). The van der Waals surface area contributed by atoms with Crippen LogP contribution in [0.4, 0.5) is 0 Å². The molecule has 3 aromatic carbocycles. The van der Waals surface area contributed by atoms with E-state index in [9.17, 15) is 10.0 Å². The number of para-hydroxylation sites is 1. The highest BCUT2D eigenvalue weighted by atomic mass is 32.2. The lowest BCUT2D eigenvalue weighted by atomic mass is 10.0. The second kappa shape index (κ2) is 9.88. The third kappa shape index (κ3) is 5.11. The summed E-state index contributed by atoms with van der Waals surface area (Å²) in [5.41, 5.74) is 2.95. The van der Waals surface area contributed by atoms with Crippen LogP contribution in [0.1, 0.15) is 48.4 Å². The smallest absolute Gasteiger partial charge is 0.228 e. The Balaban J connectivity index is 1.42. The summed E-state index contributed by atoms with van der Waals surface area (Å²) >= 11 is 1.62. The van der Waals surface area contributed by atoms with Gasteiger partial charge in [0.25, 0.3) is 0 Å². The highest BCUT2D eigenvalue weighted by Gasteiger charge is 2.14. The number of hydrogen-bond donors (Lipinski definition) is 1. The van der Waals surface area contributed by atoms with Gasteiger partial charge in [-0.25, -0.2) is 0 Å². The Kier molecular flexibility index (Phi) is 6.76. The minimum Gasteiger partial charge on any atom is -0.453 e. The minimum atomic E-state index is -0.126. The second-order valence-corrected chi connectivity index (χ2v) is 9.25. The van der Waals surface area contributed by atoms with E-state index >= 15 is 0 Å². The van der Waals surface area contributed by atoms with Gasteiger partial charge in [0.05, 0.1) is 5.71 Å².